The smallest absolute Gasteiger partial charge is 0.338 e. The zero-order chi connectivity index (χ0) is 18.5. The summed E-state index contributed by atoms with van der Waals surface area (Å²) in [6.07, 6.45) is 3.07. The van der Waals surface area contributed by atoms with Gasteiger partial charge in [-0.15, -0.1) is 10.2 Å². The molecule has 0 spiro atoms. The highest BCUT2D eigenvalue weighted by Gasteiger charge is 2.18. The molecule has 1 fully saturated rings. The van der Waals surface area contributed by atoms with Gasteiger partial charge in [-0.2, -0.15) is 4.80 Å². The Morgan fingerprint density at radius 1 is 1.19 bits per heavy atom. The predicted octanol–water partition coefficient (Wildman–Crippen LogP) is 1.92. The maximum atomic E-state index is 12.3. The van der Waals surface area contributed by atoms with E-state index in [1.54, 1.807) is 38.1 Å². The SMILES string of the molecule is CC(C)OC(=O)c1cccc(-c2nnn(CC(=O)N3CCCCC3)n2)c1. The summed E-state index contributed by atoms with van der Waals surface area (Å²) in [5.41, 5.74) is 1.08. The van der Waals surface area contributed by atoms with Gasteiger partial charge in [0.15, 0.2) is 0 Å². The molecule has 8 nitrogen and oxygen atoms in total. The van der Waals surface area contributed by atoms with E-state index in [1.165, 1.54) is 11.2 Å². The fourth-order valence-electron chi connectivity index (χ4n) is 2.86. The van der Waals surface area contributed by atoms with Crippen molar-refractivity contribution in [3.8, 4) is 11.4 Å². The molecule has 0 bridgehead atoms. The van der Waals surface area contributed by atoms with Crippen LogP contribution in [0.3, 0.4) is 0 Å². The number of esters is 1. The van der Waals surface area contributed by atoms with E-state index >= 15 is 0 Å². The summed E-state index contributed by atoms with van der Waals surface area (Å²) in [6.45, 7) is 5.26. The second kappa shape index (κ2) is 8.07. The molecule has 1 saturated heterocycles. The molecule has 1 aromatic heterocycles. The third-order valence-electron chi connectivity index (χ3n) is 4.14. The molecular weight excluding hydrogens is 334 g/mol. The molecule has 0 saturated carbocycles. The molecule has 26 heavy (non-hydrogen) atoms. The molecule has 0 N–H and O–H groups in total. The number of piperidine rings is 1. The Kier molecular flexibility index (Phi) is 5.60. The van der Waals surface area contributed by atoms with E-state index in [4.69, 9.17) is 4.74 Å². The van der Waals surface area contributed by atoms with Crippen LogP contribution in [0.4, 0.5) is 0 Å². The molecule has 1 aliphatic rings. The highest BCUT2D eigenvalue weighted by Crippen LogP contribution is 2.17. The quantitative estimate of drug-likeness (QED) is 0.760. The zero-order valence-electron chi connectivity index (χ0n) is 15.1. The van der Waals surface area contributed by atoms with Crippen molar-refractivity contribution >= 4 is 11.9 Å². The lowest BCUT2D eigenvalue weighted by Gasteiger charge is -2.26. The number of hydrogen-bond donors (Lipinski definition) is 0. The van der Waals surface area contributed by atoms with Crippen LogP contribution in [0, 0.1) is 0 Å². The summed E-state index contributed by atoms with van der Waals surface area (Å²) in [4.78, 5) is 27.5. The first-order valence-electron chi connectivity index (χ1n) is 8.90. The Morgan fingerprint density at radius 3 is 2.69 bits per heavy atom. The minimum absolute atomic E-state index is 0.00270. The van der Waals surface area contributed by atoms with Gasteiger partial charge in [-0.05, 0) is 50.5 Å². The average molecular weight is 357 g/mol. The number of tetrazole rings is 1. The molecule has 2 heterocycles. The monoisotopic (exact) mass is 357 g/mol. The Morgan fingerprint density at radius 2 is 1.96 bits per heavy atom. The number of carbonyl (C=O) groups is 2. The van der Waals surface area contributed by atoms with Crippen molar-refractivity contribution in [1.29, 1.82) is 0 Å². The molecule has 0 atom stereocenters. The van der Waals surface area contributed by atoms with Crippen LogP contribution in [0.25, 0.3) is 11.4 Å². The van der Waals surface area contributed by atoms with Crippen molar-refractivity contribution in [2.45, 2.75) is 45.8 Å². The molecule has 0 aliphatic carbocycles. The van der Waals surface area contributed by atoms with Crippen molar-refractivity contribution < 1.29 is 14.3 Å². The number of nitrogens with zero attached hydrogens (tertiary/aromatic N) is 5. The van der Waals surface area contributed by atoms with Crippen molar-refractivity contribution in [3.05, 3.63) is 29.8 Å². The number of rotatable bonds is 5. The predicted molar refractivity (Wildman–Crippen MR) is 94.2 cm³/mol. The van der Waals surface area contributed by atoms with Gasteiger partial charge in [-0.25, -0.2) is 4.79 Å². The molecule has 2 aromatic rings. The number of carbonyl (C=O) groups excluding carboxylic acids is 2. The van der Waals surface area contributed by atoms with Crippen molar-refractivity contribution in [1.82, 2.24) is 25.1 Å². The van der Waals surface area contributed by atoms with Gasteiger partial charge in [-0.3, -0.25) is 4.79 Å². The van der Waals surface area contributed by atoms with Gasteiger partial charge >= 0.3 is 5.97 Å². The fourth-order valence-corrected chi connectivity index (χ4v) is 2.86. The second-order valence-corrected chi connectivity index (χ2v) is 6.62. The van der Waals surface area contributed by atoms with Gasteiger partial charge < -0.3 is 9.64 Å². The molecular formula is C18H23N5O3. The Labute approximate surface area is 152 Å². The highest BCUT2D eigenvalue weighted by atomic mass is 16.5. The van der Waals surface area contributed by atoms with Gasteiger partial charge in [0.1, 0.15) is 6.54 Å². The maximum absolute atomic E-state index is 12.3. The van der Waals surface area contributed by atoms with Gasteiger partial charge in [0, 0.05) is 18.7 Å². The van der Waals surface area contributed by atoms with Crippen LogP contribution in [0.15, 0.2) is 24.3 Å². The Balaban J connectivity index is 1.69. The molecule has 1 aliphatic heterocycles. The number of aromatic nitrogens is 4. The van der Waals surface area contributed by atoms with Crippen LogP contribution in [0.2, 0.25) is 0 Å². The lowest BCUT2D eigenvalue weighted by atomic mass is 10.1. The molecule has 138 valence electrons. The fraction of sp³-hybridized carbons (Fsp3) is 0.500. The highest BCUT2D eigenvalue weighted by molar-refractivity contribution is 5.90. The second-order valence-electron chi connectivity index (χ2n) is 6.62. The number of likely N-dealkylation sites (tertiary alicyclic amines) is 1. The first kappa shape index (κ1) is 18.0. The average Bonchev–Trinajstić information content (AvgIpc) is 3.10. The molecule has 3 rings (SSSR count). The lowest BCUT2D eigenvalue weighted by molar-refractivity contribution is -0.133. The molecule has 1 amide bonds. The first-order valence-corrected chi connectivity index (χ1v) is 8.90. The minimum Gasteiger partial charge on any atom is -0.459 e. The number of hydrogen-bond acceptors (Lipinski definition) is 6. The van der Waals surface area contributed by atoms with Crippen molar-refractivity contribution in [3.63, 3.8) is 0 Å². The van der Waals surface area contributed by atoms with Gasteiger partial charge in [0.2, 0.25) is 11.7 Å². The van der Waals surface area contributed by atoms with E-state index in [2.05, 4.69) is 15.4 Å². The maximum Gasteiger partial charge on any atom is 0.338 e. The van der Waals surface area contributed by atoms with Gasteiger partial charge in [0.25, 0.3) is 0 Å². The van der Waals surface area contributed by atoms with E-state index in [-0.39, 0.29) is 18.6 Å². The Hall–Kier alpha value is -2.77. The number of benzene rings is 1. The molecule has 8 heteroatoms. The summed E-state index contributed by atoms with van der Waals surface area (Å²) >= 11 is 0. The molecule has 1 aromatic carbocycles. The summed E-state index contributed by atoms with van der Waals surface area (Å²) in [6, 6.07) is 6.88. The van der Waals surface area contributed by atoms with E-state index in [0.717, 1.165) is 25.9 Å². The van der Waals surface area contributed by atoms with Crippen LogP contribution in [0.5, 0.6) is 0 Å². The van der Waals surface area contributed by atoms with Crippen LogP contribution in [-0.2, 0) is 16.1 Å². The number of ether oxygens (including phenoxy) is 1. The van der Waals surface area contributed by atoms with E-state index in [0.29, 0.717) is 17.0 Å². The number of amides is 1. The molecule has 0 radical (unpaired) electrons. The zero-order valence-corrected chi connectivity index (χ0v) is 15.1. The van der Waals surface area contributed by atoms with Crippen molar-refractivity contribution in [2.75, 3.05) is 13.1 Å². The molecule has 0 unspecified atom stereocenters. The van der Waals surface area contributed by atoms with Crippen LogP contribution in [0.1, 0.15) is 43.5 Å². The Bertz CT molecular complexity index is 781. The largest absolute Gasteiger partial charge is 0.459 e. The van der Waals surface area contributed by atoms with E-state index < -0.39 is 5.97 Å². The van der Waals surface area contributed by atoms with Crippen LogP contribution < -0.4 is 0 Å². The lowest BCUT2D eigenvalue weighted by Crippen LogP contribution is -2.38. The third kappa shape index (κ3) is 4.44. The summed E-state index contributed by atoms with van der Waals surface area (Å²) < 4.78 is 5.20. The van der Waals surface area contributed by atoms with E-state index in [1.807, 2.05) is 4.90 Å². The standard InChI is InChI=1S/C18H23N5O3/c1-13(2)26-18(25)15-8-6-7-14(11-15)17-19-21-23(20-17)12-16(24)22-9-4-3-5-10-22/h6-8,11,13H,3-5,9-10,12H2,1-2H3. The first-order chi connectivity index (χ1) is 12.5. The summed E-state index contributed by atoms with van der Waals surface area (Å²) in [7, 11) is 0. The van der Waals surface area contributed by atoms with Crippen LogP contribution in [-0.4, -0.2) is 56.2 Å². The van der Waals surface area contributed by atoms with Gasteiger partial charge in [0.05, 0.1) is 11.7 Å². The van der Waals surface area contributed by atoms with E-state index in [9.17, 15) is 9.59 Å². The topological polar surface area (TPSA) is 90.2 Å². The summed E-state index contributed by atoms with van der Waals surface area (Å²) in [5, 5.41) is 12.2. The normalized spacial score (nSPS) is 14.5. The minimum atomic E-state index is -0.394. The van der Waals surface area contributed by atoms with Crippen LogP contribution >= 0.6 is 0 Å². The van der Waals surface area contributed by atoms with Crippen molar-refractivity contribution in [2.24, 2.45) is 0 Å². The third-order valence-corrected chi connectivity index (χ3v) is 4.14. The van der Waals surface area contributed by atoms with Gasteiger partial charge in [-0.1, -0.05) is 12.1 Å². The summed E-state index contributed by atoms with van der Waals surface area (Å²) in [5.74, 6) is -0.0203.